The van der Waals surface area contributed by atoms with Crippen LogP contribution in [-0.4, -0.2) is 36.1 Å². The van der Waals surface area contributed by atoms with Gasteiger partial charge in [-0.1, -0.05) is 0 Å². The summed E-state index contributed by atoms with van der Waals surface area (Å²) in [7, 11) is 0. The van der Waals surface area contributed by atoms with Gasteiger partial charge in [0.25, 0.3) is 0 Å². The summed E-state index contributed by atoms with van der Waals surface area (Å²) in [5, 5.41) is 3.49. The molecule has 0 amide bonds. The Hall–Kier alpha value is -0.930. The van der Waals surface area contributed by atoms with E-state index < -0.39 is 0 Å². The Morgan fingerprint density at radius 3 is 2.94 bits per heavy atom. The first-order valence-corrected chi connectivity index (χ1v) is 6.19. The lowest BCUT2D eigenvalue weighted by atomic mass is 10.1. The number of nitrogens with zero attached hydrogens (tertiary/aromatic N) is 2. The van der Waals surface area contributed by atoms with Gasteiger partial charge in [-0.15, -0.1) is 0 Å². The molecule has 3 heteroatoms. The van der Waals surface area contributed by atoms with Crippen LogP contribution in [0.1, 0.15) is 24.0 Å². The fourth-order valence-corrected chi connectivity index (χ4v) is 2.15. The van der Waals surface area contributed by atoms with Crippen molar-refractivity contribution in [2.24, 2.45) is 0 Å². The van der Waals surface area contributed by atoms with E-state index in [0.29, 0.717) is 0 Å². The Bertz CT molecular complexity index is 319. The quantitative estimate of drug-likeness (QED) is 0.762. The zero-order valence-corrected chi connectivity index (χ0v) is 10.1. The molecule has 0 aromatic carbocycles. The Morgan fingerprint density at radius 2 is 2.19 bits per heavy atom. The second-order valence-electron chi connectivity index (χ2n) is 4.53. The van der Waals surface area contributed by atoms with Gasteiger partial charge in [0.1, 0.15) is 0 Å². The topological polar surface area (TPSA) is 28.2 Å². The molecule has 2 heterocycles. The minimum absolute atomic E-state index is 0.938. The van der Waals surface area contributed by atoms with Crippen molar-refractivity contribution in [3.8, 4) is 0 Å². The van der Waals surface area contributed by atoms with Gasteiger partial charge in [-0.05, 0) is 50.0 Å². The number of rotatable bonds is 5. The van der Waals surface area contributed by atoms with Gasteiger partial charge in [-0.2, -0.15) is 0 Å². The van der Waals surface area contributed by atoms with Crippen molar-refractivity contribution < 1.29 is 0 Å². The van der Waals surface area contributed by atoms with Crippen molar-refractivity contribution in [2.45, 2.75) is 26.3 Å². The van der Waals surface area contributed by atoms with Gasteiger partial charge in [-0.3, -0.25) is 4.98 Å². The van der Waals surface area contributed by atoms with Crippen LogP contribution >= 0.6 is 0 Å². The number of aromatic nitrogens is 1. The van der Waals surface area contributed by atoms with Gasteiger partial charge in [-0.25, -0.2) is 0 Å². The van der Waals surface area contributed by atoms with Gasteiger partial charge < -0.3 is 10.2 Å². The third-order valence-electron chi connectivity index (χ3n) is 3.27. The Kier molecular flexibility index (Phi) is 4.31. The molecule has 1 saturated heterocycles. The number of hydrogen-bond donors (Lipinski definition) is 1. The first-order chi connectivity index (χ1) is 7.86. The largest absolute Gasteiger partial charge is 0.311 e. The Labute approximate surface area is 97.9 Å². The van der Waals surface area contributed by atoms with Crippen molar-refractivity contribution in [1.82, 2.24) is 15.2 Å². The van der Waals surface area contributed by atoms with E-state index in [9.17, 15) is 0 Å². The minimum Gasteiger partial charge on any atom is -0.311 e. The average Bonchev–Trinajstić information content (AvgIpc) is 2.79. The van der Waals surface area contributed by atoms with Crippen molar-refractivity contribution in [3.63, 3.8) is 0 Å². The molecule has 1 fully saturated rings. The zero-order valence-electron chi connectivity index (χ0n) is 10.1. The highest BCUT2D eigenvalue weighted by molar-refractivity contribution is 5.20. The second-order valence-corrected chi connectivity index (χ2v) is 4.53. The van der Waals surface area contributed by atoms with E-state index >= 15 is 0 Å². The van der Waals surface area contributed by atoms with Crippen LogP contribution < -0.4 is 5.32 Å². The van der Waals surface area contributed by atoms with E-state index in [-0.39, 0.29) is 0 Å². The number of likely N-dealkylation sites (tertiary alicyclic amines) is 1. The van der Waals surface area contributed by atoms with Crippen LogP contribution in [0, 0.1) is 6.92 Å². The van der Waals surface area contributed by atoms with E-state index in [2.05, 4.69) is 28.2 Å². The fourth-order valence-electron chi connectivity index (χ4n) is 2.15. The van der Waals surface area contributed by atoms with Crippen LogP contribution in [0.4, 0.5) is 0 Å². The molecular formula is C13H21N3. The lowest BCUT2D eigenvalue weighted by molar-refractivity contribution is 0.335. The Morgan fingerprint density at radius 1 is 1.38 bits per heavy atom. The summed E-state index contributed by atoms with van der Waals surface area (Å²) >= 11 is 0. The van der Waals surface area contributed by atoms with Crippen LogP contribution in [0.3, 0.4) is 0 Å². The molecule has 1 aliphatic heterocycles. The average molecular weight is 219 g/mol. The number of hydrogen-bond acceptors (Lipinski definition) is 3. The van der Waals surface area contributed by atoms with Gasteiger partial charge in [0.15, 0.2) is 0 Å². The SMILES string of the molecule is Cc1ccncc1CNCCN1CCCC1. The normalized spacial score (nSPS) is 16.8. The maximum atomic E-state index is 4.15. The summed E-state index contributed by atoms with van der Waals surface area (Å²) < 4.78 is 0. The highest BCUT2D eigenvalue weighted by Crippen LogP contribution is 2.06. The third-order valence-corrected chi connectivity index (χ3v) is 3.27. The molecule has 1 aromatic heterocycles. The maximum absolute atomic E-state index is 4.15. The predicted octanol–water partition coefficient (Wildman–Crippen LogP) is 1.58. The molecule has 0 spiro atoms. The van der Waals surface area contributed by atoms with Crippen LogP contribution in [0.25, 0.3) is 0 Å². The smallest absolute Gasteiger partial charge is 0.0315 e. The summed E-state index contributed by atoms with van der Waals surface area (Å²) in [5.41, 5.74) is 2.63. The van der Waals surface area contributed by atoms with Crippen molar-refractivity contribution >= 4 is 0 Å². The standard InChI is InChI=1S/C13H21N3/c1-12-4-5-14-10-13(12)11-15-6-9-16-7-2-3-8-16/h4-5,10,15H,2-3,6-9,11H2,1H3. The van der Waals surface area contributed by atoms with E-state index in [4.69, 9.17) is 0 Å². The highest BCUT2D eigenvalue weighted by atomic mass is 15.1. The molecule has 1 aliphatic rings. The number of pyridine rings is 1. The van der Waals surface area contributed by atoms with Crippen molar-refractivity contribution in [2.75, 3.05) is 26.2 Å². The summed E-state index contributed by atoms with van der Waals surface area (Å²) in [6.07, 6.45) is 6.56. The van der Waals surface area contributed by atoms with E-state index in [1.54, 1.807) is 0 Å². The van der Waals surface area contributed by atoms with Crippen LogP contribution in [0.2, 0.25) is 0 Å². The van der Waals surface area contributed by atoms with Gasteiger partial charge >= 0.3 is 0 Å². The van der Waals surface area contributed by atoms with Crippen LogP contribution in [0.5, 0.6) is 0 Å². The van der Waals surface area contributed by atoms with Crippen LogP contribution in [-0.2, 0) is 6.54 Å². The molecule has 0 unspecified atom stereocenters. The van der Waals surface area contributed by atoms with Crippen molar-refractivity contribution in [1.29, 1.82) is 0 Å². The van der Waals surface area contributed by atoms with Crippen molar-refractivity contribution in [3.05, 3.63) is 29.6 Å². The first-order valence-electron chi connectivity index (χ1n) is 6.19. The fraction of sp³-hybridized carbons (Fsp3) is 0.615. The number of aryl methyl sites for hydroxylation is 1. The van der Waals surface area contributed by atoms with Gasteiger partial charge in [0.05, 0.1) is 0 Å². The first kappa shape index (κ1) is 11.6. The van der Waals surface area contributed by atoms with Crippen LogP contribution in [0.15, 0.2) is 18.5 Å². The summed E-state index contributed by atoms with van der Waals surface area (Å²) in [4.78, 5) is 6.68. The third kappa shape index (κ3) is 3.29. The lowest BCUT2D eigenvalue weighted by Crippen LogP contribution is -2.29. The second kappa shape index (κ2) is 5.97. The predicted molar refractivity (Wildman–Crippen MR) is 66.4 cm³/mol. The monoisotopic (exact) mass is 219 g/mol. The molecule has 0 radical (unpaired) electrons. The van der Waals surface area contributed by atoms with E-state index in [0.717, 1.165) is 13.1 Å². The summed E-state index contributed by atoms with van der Waals surface area (Å²) in [6.45, 7) is 7.90. The van der Waals surface area contributed by atoms with E-state index in [1.165, 1.54) is 43.6 Å². The van der Waals surface area contributed by atoms with Gasteiger partial charge in [0.2, 0.25) is 0 Å². The molecule has 0 atom stereocenters. The molecule has 16 heavy (non-hydrogen) atoms. The number of nitrogens with one attached hydrogen (secondary N) is 1. The molecule has 0 saturated carbocycles. The molecule has 1 aromatic rings. The Balaban J connectivity index is 1.66. The molecule has 88 valence electrons. The molecule has 0 aliphatic carbocycles. The minimum atomic E-state index is 0.938. The lowest BCUT2D eigenvalue weighted by Gasteiger charge is -2.15. The molecular weight excluding hydrogens is 198 g/mol. The summed E-state index contributed by atoms with van der Waals surface area (Å²) in [6, 6.07) is 2.07. The molecule has 0 bridgehead atoms. The maximum Gasteiger partial charge on any atom is 0.0315 e. The van der Waals surface area contributed by atoms with Gasteiger partial charge in [0, 0.05) is 32.0 Å². The molecule has 3 nitrogen and oxygen atoms in total. The molecule has 2 rings (SSSR count). The van der Waals surface area contributed by atoms with E-state index in [1.807, 2.05) is 12.4 Å². The molecule has 1 N–H and O–H groups in total. The highest BCUT2D eigenvalue weighted by Gasteiger charge is 2.09. The summed E-state index contributed by atoms with van der Waals surface area (Å²) in [5.74, 6) is 0. The zero-order chi connectivity index (χ0) is 11.2.